The second-order valence-electron chi connectivity index (χ2n) is 4.49. The molecule has 0 aliphatic carbocycles. The van der Waals surface area contributed by atoms with E-state index in [1.807, 2.05) is 6.20 Å². The molecule has 1 saturated heterocycles. The molecule has 1 aromatic rings. The molecule has 0 radical (unpaired) electrons. The Hall–Kier alpha value is -1.16. The van der Waals surface area contributed by atoms with E-state index in [1.54, 1.807) is 6.33 Å². The van der Waals surface area contributed by atoms with Crippen LogP contribution in [0.4, 0.5) is 5.82 Å². The van der Waals surface area contributed by atoms with Gasteiger partial charge in [-0.2, -0.15) is 0 Å². The Kier molecular flexibility index (Phi) is 3.72. The van der Waals surface area contributed by atoms with Crippen molar-refractivity contribution in [3.63, 3.8) is 0 Å². The largest absolute Gasteiger partial charge is 0.356 e. The van der Waals surface area contributed by atoms with E-state index in [4.69, 9.17) is 5.73 Å². The molecule has 0 aromatic carbocycles. The molecule has 88 valence electrons. The topological polar surface area (TPSA) is 55.0 Å². The fourth-order valence-electron chi connectivity index (χ4n) is 2.18. The van der Waals surface area contributed by atoms with Crippen LogP contribution in [-0.4, -0.2) is 29.6 Å². The van der Waals surface area contributed by atoms with Crippen LogP contribution in [-0.2, 0) is 0 Å². The molecule has 1 aromatic heterocycles. The van der Waals surface area contributed by atoms with E-state index in [9.17, 15) is 0 Å². The molecule has 2 rings (SSSR count). The van der Waals surface area contributed by atoms with Crippen LogP contribution in [0.1, 0.15) is 37.7 Å². The van der Waals surface area contributed by atoms with Crippen LogP contribution in [0.3, 0.4) is 0 Å². The van der Waals surface area contributed by atoms with Gasteiger partial charge in [0.1, 0.15) is 12.1 Å². The van der Waals surface area contributed by atoms with Crippen molar-refractivity contribution in [2.24, 2.45) is 5.73 Å². The molecule has 0 saturated carbocycles. The predicted octanol–water partition coefficient (Wildman–Crippen LogP) is 1.53. The molecular formula is C12H20N4. The maximum Gasteiger partial charge on any atom is 0.135 e. The van der Waals surface area contributed by atoms with Gasteiger partial charge in [0.05, 0.1) is 0 Å². The van der Waals surface area contributed by atoms with E-state index in [0.29, 0.717) is 12.5 Å². The molecule has 0 bridgehead atoms. The van der Waals surface area contributed by atoms with Crippen molar-refractivity contribution in [2.45, 2.75) is 32.1 Å². The number of hydrogen-bond acceptors (Lipinski definition) is 4. The van der Waals surface area contributed by atoms with Crippen LogP contribution < -0.4 is 10.6 Å². The lowest BCUT2D eigenvalue weighted by Gasteiger charge is -2.30. The summed E-state index contributed by atoms with van der Waals surface area (Å²) in [5.41, 5.74) is 6.92. The van der Waals surface area contributed by atoms with Gasteiger partial charge in [-0.15, -0.1) is 0 Å². The smallest absolute Gasteiger partial charge is 0.135 e. The second-order valence-corrected chi connectivity index (χ2v) is 4.49. The zero-order valence-corrected chi connectivity index (χ0v) is 9.89. The predicted molar refractivity (Wildman–Crippen MR) is 65.6 cm³/mol. The first-order valence-electron chi connectivity index (χ1n) is 6.08. The normalized spacial score (nSPS) is 18.5. The molecule has 4 nitrogen and oxygen atoms in total. The summed E-state index contributed by atoms with van der Waals surface area (Å²) in [5, 5.41) is 0. The zero-order chi connectivity index (χ0) is 11.4. The Labute approximate surface area is 96.9 Å². The lowest BCUT2D eigenvalue weighted by molar-refractivity contribution is 0.568. The minimum absolute atomic E-state index is 0.332. The highest BCUT2D eigenvalue weighted by atomic mass is 15.2. The van der Waals surface area contributed by atoms with Crippen molar-refractivity contribution in [3.05, 3.63) is 18.1 Å². The first kappa shape index (κ1) is 11.3. The van der Waals surface area contributed by atoms with Crippen LogP contribution in [0.25, 0.3) is 0 Å². The lowest BCUT2D eigenvalue weighted by Crippen LogP contribution is -2.31. The summed E-state index contributed by atoms with van der Waals surface area (Å²) in [7, 11) is 0. The number of nitrogens with two attached hydrogens (primary N) is 1. The molecule has 16 heavy (non-hydrogen) atoms. The molecule has 1 aliphatic heterocycles. The molecule has 1 fully saturated rings. The minimum atomic E-state index is 0.332. The molecule has 2 N–H and O–H groups in total. The van der Waals surface area contributed by atoms with Gasteiger partial charge in [0.2, 0.25) is 0 Å². The number of anilines is 1. The summed E-state index contributed by atoms with van der Waals surface area (Å²) in [6.45, 7) is 5.00. The number of hydrogen-bond donors (Lipinski definition) is 1. The van der Waals surface area contributed by atoms with Crippen molar-refractivity contribution in [3.8, 4) is 0 Å². The van der Waals surface area contributed by atoms with Crippen molar-refractivity contribution in [1.82, 2.24) is 9.97 Å². The Morgan fingerprint density at radius 2 is 2.12 bits per heavy atom. The molecular weight excluding hydrogens is 200 g/mol. The van der Waals surface area contributed by atoms with Crippen molar-refractivity contribution in [1.29, 1.82) is 0 Å². The number of aromatic nitrogens is 2. The van der Waals surface area contributed by atoms with Crippen molar-refractivity contribution < 1.29 is 0 Å². The third kappa shape index (κ3) is 2.32. The van der Waals surface area contributed by atoms with Gasteiger partial charge in [0, 0.05) is 24.8 Å². The van der Waals surface area contributed by atoms with E-state index in [0.717, 1.165) is 18.9 Å². The van der Waals surface area contributed by atoms with Crippen molar-refractivity contribution in [2.75, 3.05) is 24.5 Å². The lowest BCUT2D eigenvalue weighted by atomic mass is 10.0. The quantitative estimate of drug-likeness (QED) is 0.839. The average Bonchev–Trinajstić information content (AvgIpc) is 2.39. The highest BCUT2D eigenvalue weighted by Gasteiger charge is 2.18. The van der Waals surface area contributed by atoms with E-state index in [1.165, 1.54) is 24.8 Å². The Morgan fingerprint density at radius 1 is 1.38 bits per heavy atom. The first-order chi connectivity index (χ1) is 7.83. The summed E-state index contributed by atoms with van der Waals surface area (Å²) in [5.74, 6) is 1.42. The van der Waals surface area contributed by atoms with Crippen LogP contribution >= 0.6 is 0 Å². The summed E-state index contributed by atoms with van der Waals surface area (Å²) in [4.78, 5) is 10.9. The van der Waals surface area contributed by atoms with Gasteiger partial charge in [0.25, 0.3) is 0 Å². The molecule has 0 amide bonds. The fraction of sp³-hybridized carbons (Fsp3) is 0.667. The van der Waals surface area contributed by atoms with Gasteiger partial charge in [0.15, 0.2) is 0 Å². The SMILES string of the molecule is CC(CN)c1cncnc1N1CCCCC1. The van der Waals surface area contributed by atoms with E-state index < -0.39 is 0 Å². The number of rotatable bonds is 3. The standard InChI is InChI=1S/C12H20N4/c1-10(7-13)11-8-14-9-15-12(11)16-5-3-2-4-6-16/h8-10H,2-7,13H2,1H3. The highest BCUT2D eigenvalue weighted by Crippen LogP contribution is 2.26. The van der Waals surface area contributed by atoms with E-state index in [-0.39, 0.29) is 0 Å². The van der Waals surface area contributed by atoms with Gasteiger partial charge in [-0.3, -0.25) is 0 Å². The Balaban J connectivity index is 2.24. The van der Waals surface area contributed by atoms with E-state index in [2.05, 4.69) is 21.8 Å². The summed E-state index contributed by atoms with van der Waals surface area (Å²) >= 11 is 0. The maximum absolute atomic E-state index is 5.73. The van der Waals surface area contributed by atoms with Crippen LogP contribution in [0, 0.1) is 0 Å². The fourth-order valence-corrected chi connectivity index (χ4v) is 2.18. The maximum atomic E-state index is 5.73. The zero-order valence-electron chi connectivity index (χ0n) is 9.89. The second kappa shape index (κ2) is 5.25. The molecule has 1 atom stereocenters. The minimum Gasteiger partial charge on any atom is -0.356 e. The van der Waals surface area contributed by atoms with E-state index >= 15 is 0 Å². The highest BCUT2D eigenvalue weighted by molar-refractivity contribution is 5.47. The Bertz CT molecular complexity index is 334. The Morgan fingerprint density at radius 3 is 2.81 bits per heavy atom. The third-order valence-electron chi connectivity index (χ3n) is 3.26. The number of nitrogens with zero attached hydrogens (tertiary/aromatic N) is 3. The molecule has 0 spiro atoms. The van der Waals surface area contributed by atoms with Crippen LogP contribution in [0.15, 0.2) is 12.5 Å². The van der Waals surface area contributed by atoms with Crippen molar-refractivity contribution >= 4 is 5.82 Å². The monoisotopic (exact) mass is 220 g/mol. The number of piperidine rings is 1. The first-order valence-corrected chi connectivity index (χ1v) is 6.08. The summed E-state index contributed by atoms with van der Waals surface area (Å²) in [6, 6.07) is 0. The van der Waals surface area contributed by atoms with Gasteiger partial charge >= 0.3 is 0 Å². The summed E-state index contributed by atoms with van der Waals surface area (Å²) in [6.07, 6.45) is 7.41. The van der Waals surface area contributed by atoms with Gasteiger partial charge in [-0.1, -0.05) is 6.92 Å². The van der Waals surface area contributed by atoms with Gasteiger partial charge < -0.3 is 10.6 Å². The molecule has 1 unspecified atom stereocenters. The summed E-state index contributed by atoms with van der Waals surface area (Å²) < 4.78 is 0. The molecule has 2 heterocycles. The van der Waals surface area contributed by atoms with Crippen LogP contribution in [0.5, 0.6) is 0 Å². The third-order valence-corrected chi connectivity index (χ3v) is 3.26. The van der Waals surface area contributed by atoms with Gasteiger partial charge in [-0.05, 0) is 31.7 Å². The van der Waals surface area contributed by atoms with Crippen LogP contribution in [0.2, 0.25) is 0 Å². The molecule has 1 aliphatic rings. The van der Waals surface area contributed by atoms with Gasteiger partial charge in [-0.25, -0.2) is 9.97 Å². The average molecular weight is 220 g/mol. The molecule has 4 heteroatoms.